The largest absolute Gasteiger partial charge is 0.393 e. The van der Waals surface area contributed by atoms with E-state index >= 15 is 0 Å². The van der Waals surface area contributed by atoms with E-state index in [4.69, 9.17) is 16.7 Å². The fraction of sp³-hybridized carbons (Fsp3) is 0.400. The van der Waals surface area contributed by atoms with Gasteiger partial charge in [-0.25, -0.2) is 8.42 Å². The minimum absolute atomic E-state index is 0.124. The van der Waals surface area contributed by atoms with Gasteiger partial charge in [0.1, 0.15) is 0 Å². The number of rotatable bonds is 3. The van der Waals surface area contributed by atoms with Crippen LogP contribution in [-0.2, 0) is 16.3 Å². The monoisotopic (exact) mass is 248 g/mol. The van der Waals surface area contributed by atoms with Crippen LogP contribution >= 0.6 is 11.6 Å². The Morgan fingerprint density at radius 3 is 2.47 bits per heavy atom. The highest BCUT2D eigenvalue weighted by Crippen LogP contribution is 2.23. The molecule has 0 aliphatic rings. The minimum atomic E-state index is -3.27. The maximum absolute atomic E-state index is 11.3. The van der Waals surface area contributed by atoms with Crippen molar-refractivity contribution in [3.8, 4) is 0 Å². The first-order valence-corrected chi connectivity index (χ1v) is 6.74. The summed E-state index contributed by atoms with van der Waals surface area (Å²) in [5, 5.41) is 9.37. The Labute approximate surface area is 94.6 Å². The van der Waals surface area contributed by atoms with Gasteiger partial charge in [-0.2, -0.15) is 0 Å². The number of benzene rings is 1. The van der Waals surface area contributed by atoms with E-state index in [1.54, 1.807) is 19.1 Å². The third kappa shape index (κ3) is 3.48. The summed E-state index contributed by atoms with van der Waals surface area (Å²) in [5.41, 5.74) is 0.822. The van der Waals surface area contributed by atoms with E-state index in [2.05, 4.69) is 0 Å². The van der Waals surface area contributed by atoms with Crippen LogP contribution in [0.2, 0.25) is 5.02 Å². The van der Waals surface area contributed by atoms with Crippen molar-refractivity contribution in [2.24, 2.45) is 0 Å². The van der Waals surface area contributed by atoms with Crippen LogP contribution in [0.3, 0.4) is 0 Å². The van der Waals surface area contributed by atoms with E-state index in [1.165, 1.54) is 6.07 Å². The molecule has 0 fully saturated rings. The number of aliphatic hydroxyl groups excluding tert-OH is 1. The Morgan fingerprint density at radius 1 is 1.47 bits per heavy atom. The SMILES string of the molecule is CC(O)Cc1ccc(S(C)(=O)=O)c(Cl)c1. The third-order valence-corrected chi connectivity index (χ3v) is 3.51. The predicted molar refractivity (Wildman–Crippen MR) is 59.9 cm³/mol. The summed E-state index contributed by atoms with van der Waals surface area (Å²) in [6.45, 7) is 1.67. The lowest BCUT2D eigenvalue weighted by Gasteiger charge is -2.07. The number of aliphatic hydroxyl groups is 1. The van der Waals surface area contributed by atoms with Gasteiger partial charge in [-0.15, -0.1) is 0 Å². The van der Waals surface area contributed by atoms with Crippen LogP contribution < -0.4 is 0 Å². The normalized spacial score (nSPS) is 13.9. The molecule has 1 aromatic carbocycles. The molecule has 0 saturated carbocycles. The Balaban J connectivity index is 3.09. The molecule has 0 radical (unpaired) electrons. The lowest BCUT2D eigenvalue weighted by atomic mass is 10.1. The van der Waals surface area contributed by atoms with Crippen molar-refractivity contribution >= 4 is 21.4 Å². The summed E-state index contributed by atoms with van der Waals surface area (Å²) in [6.07, 6.45) is 1.11. The zero-order valence-corrected chi connectivity index (χ0v) is 10.1. The molecule has 84 valence electrons. The average molecular weight is 249 g/mol. The molecule has 0 amide bonds. The Kier molecular flexibility index (Phi) is 3.76. The summed E-state index contributed by atoms with van der Waals surface area (Å²) < 4.78 is 22.5. The molecule has 0 bridgehead atoms. The van der Waals surface area contributed by atoms with Gasteiger partial charge in [-0.3, -0.25) is 0 Å². The van der Waals surface area contributed by atoms with E-state index in [9.17, 15) is 8.42 Å². The first kappa shape index (κ1) is 12.5. The van der Waals surface area contributed by atoms with Gasteiger partial charge >= 0.3 is 0 Å². The van der Waals surface area contributed by atoms with Crippen LogP contribution in [0.4, 0.5) is 0 Å². The third-order valence-electron chi connectivity index (χ3n) is 1.93. The number of hydrogen-bond acceptors (Lipinski definition) is 3. The minimum Gasteiger partial charge on any atom is -0.393 e. The standard InChI is InChI=1S/C10H13ClO3S/c1-7(12)5-8-3-4-10(9(11)6-8)15(2,13)14/h3-4,6-7,12H,5H2,1-2H3. The van der Waals surface area contributed by atoms with E-state index < -0.39 is 15.9 Å². The summed E-state index contributed by atoms with van der Waals surface area (Å²) >= 11 is 5.84. The summed E-state index contributed by atoms with van der Waals surface area (Å²) in [4.78, 5) is 0.124. The molecule has 0 aliphatic carbocycles. The Bertz CT molecular complexity index is 452. The zero-order valence-electron chi connectivity index (χ0n) is 8.57. The van der Waals surface area contributed by atoms with E-state index in [0.29, 0.717) is 6.42 Å². The van der Waals surface area contributed by atoms with Crippen LogP contribution in [0.5, 0.6) is 0 Å². The van der Waals surface area contributed by atoms with Gasteiger partial charge in [-0.05, 0) is 31.0 Å². The molecule has 3 nitrogen and oxygen atoms in total. The summed E-state index contributed by atoms with van der Waals surface area (Å²) in [7, 11) is -3.27. The molecule has 1 N–H and O–H groups in total. The first-order chi connectivity index (χ1) is 6.80. The van der Waals surface area contributed by atoms with E-state index in [-0.39, 0.29) is 9.92 Å². The Morgan fingerprint density at radius 2 is 2.07 bits per heavy atom. The van der Waals surface area contributed by atoms with E-state index in [0.717, 1.165) is 11.8 Å². The lowest BCUT2D eigenvalue weighted by molar-refractivity contribution is 0.195. The molecule has 1 rings (SSSR count). The van der Waals surface area contributed by atoms with Crippen molar-refractivity contribution in [1.82, 2.24) is 0 Å². The summed E-state index contributed by atoms with van der Waals surface area (Å²) in [6, 6.07) is 4.70. The molecular formula is C10H13ClO3S. The molecule has 0 saturated heterocycles. The van der Waals surface area contributed by atoms with Crippen LogP contribution in [0, 0.1) is 0 Å². The predicted octanol–water partition coefficient (Wildman–Crippen LogP) is 1.67. The van der Waals surface area contributed by atoms with Crippen LogP contribution in [0.25, 0.3) is 0 Å². The fourth-order valence-electron chi connectivity index (χ4n) is 1.31. The second-order valence-corrected chi connectivity index (χ2v) is 5.98. The number of hydrogen-bond donors (Lipinski definition) is 1. The quantitative estimate of drug-likeness (QED) is 0.885. The molecule has 0 heterocycles. The molecule has 5 heteroatoms. The van der Waals surface area contributed by atoms with Crippen molar-refractivity contribution in [3.05, 3.63) is 28.8 Å². The smallest absolute Gasteiger partial charge is 0.176 e. The molecule has 0 aliphatic heterocycles. The molecule has 0 spiro atoms. The van der Waals surface area contributed by atoms with Crippen molar-refractivity contribution in [2.75, 3.05) is 6.26 Å². The van der Waals surface area contributed by atoms with Gasteiger partial charge < -0.3 is 5.11 Å². The second-order valence-electron chi connectivity index (χ2n) is 3.59. The maximum atomic E-state index is 11.3. The molecule has 1 atom stereocenters. The van der Waals surface area contributed by atoms with Gasteiger partial charge in [0.15, 0.2) is 9.84 Å². The molecule has 1 unspecified atom stereocenters. The van der Waals surface area contributed by atoms with Crippen molar-refractivity contribution in [3.63, 3.8) is 0 Å². The molecular weight excluding hydrogens is 236 g/mol. The van der Waals surface area contributed by atoms with Crippen molar-refractivity contribution in [1.29, 1.82) is 0 Å². The summed E-state index contributed by atoms with van der Waals surface area (Å²) in [5.74, 6) is 0. The van der Waals surface area contributed by atoms with E-state index in [1.807, 2.05) is 0 Å². The number of sulfone groups is 1. The van der Waals surface area contributed by atoms with Crippen molar-refractivity contribution < 1.29 is 13.5 Å². The Hall–Kier alpha value is -0.580. The lowest BCUT2D eigenvalue weighted by Crippen LogP contribution is -2.05. The topological polar surface area (TPSA) is 54.4 Å². The highest BCUT2D eigenvalue weighted by Gasteiger charge is 2.12. The second kappa shape index (κ2) is 4.51. The van der Waals surface area contributed by atoms with Crippen LogP contribution in [0.1, 0.15) is 12.5 Å². The van der Waals surface area contributed by atoms with Crippen LogP contribution in [0.15, 0.2) is 23.1 Å². The first-order valence-electron chi connectivity index (χ1n) is 4.47. The fourth-order valence-corrected chi connectivity index (χ4v) is 2.67. The maximum Gasteiger partial charge on any atom is 0.176 e. The molecule has 1 aromatic rings. The molecule has 15 heavy (non-hydrogen) atoms. The van der Waals surface area contributed by atoms with Gasteiger partial charge in [0.25, 0.3) is 0 Å². The highest BCUT2D eigenvalue weighted by atomic mass is 35.5. The van der Waals surface area contributed by atoms with Gasteiger partial charge in [0.05, 0.1) is 16.0 Å². The van der Waals surface area contributed by atoms with Gasteiger partial charge in [0.2, 0.25) is 0 Å². The number of halogens is 1. The van der Waals surface area contributed by atoms with Gasteiger partial charge in [0, 0.05) is 6.26 Å². The van der Waals surface area contributed by atoms with Crippen molar-refractivity contribution in [2.45, 2.75) is 24.3 Å². The van der Waals surface area contributed by atoms with Gasteiger partial charge in [-0.1, -0.05) is 17.7 Å². The van der Waals surface area contributed by atoms with Crippen LogP contribution in [-0.4, -0.2) is 25.9 Å². The molecule has 0 aromatic heterocycles. The average Bonchev–Trinajstić information content (AvgIpc) is 1.99. The zero-order chi connectivity index (χ0) is 11.6. The highest BCUT2D eigenvalue weighted by molar-refractivity contribution is 7.90.